The summed E-state index contributed by atoms with van der Waals surface area (Å²) < 4.78 is 4.96. The highest BCUT2D eigenvalue weighted by Gasteiger charge is 1.93. The second-order valence-corrected chi connectivity index (χ2v) is 3.12. The third-order valence-electron chi connectivity index (χ3n) is 2.00. The standard InChI is InChI=1S/C11H16O2.2C2H6/c1-13-9-3-2-4-10-5-7-11(12)8-6-10;2*1-2/h5-8,12H,2-4,9H2,1H3;2*1-2H3. The van der Waals surface area contributed by atoms with E-state index in [4.69, 9.17) is 9.84 Å². The fourth-order valence-corrected chi connectivity index (χ4v) is 1.24. The number of hydrogen-bond acceptors (Lipinski definition) is 2. The molecule has 0 spiro atoms. The van der Waals surface area contributed by atoms with E-state index in [0.29, 0.717) is 5.75 Å². The molecule has 0 aliphatic heterocycles. The molecule has 0 saturated carbocycles. The van der Waals surface area contributed by atoms with Crippen LogP contribution in [-0.4, -0.2) is 18.8 Å². The third-order valence-corrected chi connectivity index (χ3v) is 2.00. The molecule has 1 N–H and O–H groups in total. The van der Waals surface area contributed by atoms with E-state index >= 15 is 0 Å². The van der Waals surface area contributed by atoms with Crippen LogP contribution in [0, 0.1) is 0 Å². The predicted octanol–water partition coefficient (Wildman–Crippen LogP) is 4.41. The number of ether oxygens (including phenoxy) is 1. The number of rotatable bonds is 5. The van der Waals surface area contributed by atoms with Gasteiger partial charge >= 0.3 is 0 Å². The number of phenols is 1. The van der Waals surface area contributed by atoms with Gasteiger partial charge in [-0.05, 0) is 37.0 Å². The van der Waals surface area contributed by atoms with Gasteiger partial charge in [0, 0.05) is 13.7 Å². The summed E-state index contributed by atoms with van der Waals surface area (Å²) in [7, 11) is 1.72. The number of unbranched alkanes of at least 4 members (excludes halogenated alkanes) is 1. The van der Waals surface area contributed by atoms with Crippen LogP contribution in [-0.2, 0) is 11.2 Å². The average Bonchev–Trinajstić information content (AvgIpc) is 2.41. The smallest absolute Gasteiger partial charge is 0.115 e. The number of aryl methyl sites for hydroxylation is 1. The lowest BCUT2D eigenvalue weighted by molar-refractivity contribution is 0.193. The van der Waals surface area contributed by atoms with Crippen molar-refractivity contribution >= 4 is 0 Å². The highest BCUT2D eigenvalue weighted by atomic mass is 16.5. The lowest BCUT2D eigenvalue weighted by atomic mass is 10.1. The highest BCUT2D eigenvalue weighted by molar-refractivity contribution is 5.25. The van der Waals surface area contributed by atoms with Crippen LogP contribution in [0.1, 0.15) is 46.1 Å². The van der Waals surface area contributed by atoms with Gasteiger partial charge in [-0.15, -0.1) is 0 Å². The molecule has 0 bridgehead atoms. The van der Waals surface area contributed by atoms with Gasteiger partial charge in [0.25, 0.3) is 0 Å². The van der Waals surface area contributed by atoms with Crippen LogP contribution in [0.4, 0.5) is 0 Å². The minimum Gasteiger partial charge on any atom is -0.508 e. The number of hydrogen-bond donors (Lipinski definition) is 1. The first-order valence-corrected chi connectivity index (χ1v) is 6.60. The molecular weight excluding hydrogens is 212 g/mol. The summed E-state index contributed by atoms with van der Waals surface area (Å²) in [6.07, 6.45) is 3.29. The Balaban J connectivity index is 0. The van der Waals surface area contributed by atoms with Gasteiger partial charge in [-0.1, -0.05) is 39.8 Å². The largest absolute Gasteiger partial charge is 0.508 e. The Kier molecular flexibility index (Phi) is 16.2. The summed E-state index contributed by atoms with van der Waals surface area (Å²) in [5.41, 5.74) is 1.27. The van der Waals surface area contributed by atoms with Crippen LogP contribution in [0.15, 0.2) is 24.3 Å². The molecule has 100 valence electrons. The summed E-state index contributed by atoms with van der Waals surface area (Å²) in [6, 6.07) is 7.38. The fourth-order valence-electron chi connectivity index (χ4n) is 1.24. The summed E-state index contributed by atoms with van der Waals surface area (Å²) in [5.74, 6) is 0.334. The van der Waals surface area contributed by atoms with Crippen LogP contribution in [0.2, 0.25) is 0 Å². The molecule has 0 aliphatic carbocycles. The second kappa shape index (κ2) is 15.0. The Morgan fingerprint density at radius 3 is 1.94 bits per heavy atom. The van der Waals surface area contributed by atoms with Crippen molar-refractivity contribution in [3.8, 4) is 5.75 Å². The maximum atomic E-state index is 9.05. The molecule has 1 aromatic carbocycles. The van der Waals surface area contributed by atoms with E-state index in [1.165, 1.54) is 5.56 Å². The molecule has 0 aromatic heterocycles. The normalized spacial score (nSPS) is 8.53. The quantitative estimate of drug-likeness (QED) is 0.772. The van der Waals surface area contributed by atoms with Gasteiger partial charge < -0.3 is 9.84 Å². The van der Waals surface area contributed by atoms with Gasteiger partial charge in [-0.2, -0.15) is 0 Å². The predicted molar refractivity (Wildman–Crippen MR) is 75.6 cm³/mol. The van der Waals surface area contributed by atoms with E-state index in [0.717, 1.165) is 25.9 Å². The number of methoxy groups -OCH3 is 1. The molecule has 0 heterocycles. The number of aromatic hydroxyl groups is 1. The zero-order valence-electron chi connectivity index (χ0n) is 12.0. The molecule has 17 heavy (non-hydrogen) atoms. The van der Waals surface area contributed by atoms with E-state index in [1.54, 1.807) is 19.2 Å². The second-order valence-electron chi connectivity index (χ2n) is 3.12. The first kappa shape index (κ1) is 18.3. The highest BCUT2D eigenvalue weighted by Crippen LogP contribution is 2.11. The number of phenolic OH excluding ortho intramolecular Hbond substituents is 1. The molecule has 2 heteroatoms. The van der Waals surface area contributed by atoms with Gasteiger partial charge in [0.2, 0.25) is 0 Å². The molecule has 1 aromatic rings. The summed E-state index contributed by atoms with van der Waals surface area (Å²) in [5, 5.41) is 9.05. The molecule has 0 atom stereocenters. The zero-order valence-corrected chi connectivity index (χ0v) is 12.0. The van der Waals surface area contributed by atoms with Gasteiger partial charge in [-0.3, -0.25) is 0 Å². The molecule has 0 saturated heterocycles. The maximum absolute atomic E-state index is 9.05. The molecule has 1 rings (SSSR count). The Labute approximate surface area is 107 Å². The molecule has 0 amide bonds. The molecule has 0 unspecified atom stereocenters. The van der Waals surface area contributed by atoms with E-state index in [1.807, 2.05) is 39.8 Å². The van der Waals surface area contributed by atoms with Crippen molar-refractivity contribution in [2.75, 3.05) is 13.7 Å². The Hall–Kier alpha value is -1.02. The number of benzene rings is 1. The van der Waals surface area contributed by atoms with E-state index < -0.39 is 0 Å². The topological polar surface area (TPSA) is 29.5 Å². The summed E-state index contributed by atoms with van der Waals surface area (Å²) in [4.78, 5) is 0. The minimum atomic E-state index is 0.334. The van der Waals surface area contributed by atoms with Crippen molar-refractivity contribution in [3.63, 3.8) is 0 Å². The van der Waals surface area contributed by atoms with Crippen molar-refractivity contribution < 1.29 is 9.84 Å². The molecule has 0 fully saturated rings. The monoisotopic (exact) mass is 240 g/mol. The first-order chi connectivity index (χ1) is 8.33. The van der Waals surface area contributed by atoms with Crippen molar-refractivity contribution in [3.05, 3.63) is 29.8 Å². The minimum absolute atomic E-state index is 0.334. The zero-order chi connectivity index (χ0) is 13.5. The Morgan fingerprint density at radius 2 is 1.47 bits per heavy atom. The van der Waals surface area contributed by atoms with Crippen LogP contribution >= 0.6 is 0 Å². The van der Waals surface area contributed by atoms with Crippen molar-refractivity contribution in [1.82, 2.24) is 0 Å². The van der Waals surface area contributed by atoms with Gasteiger partial charge in [-0.25, -0.2) is 0 Å². The molecular formula is C15H28O2. The summed E-state index contributed by atoms with van der Waals surface area (Å²) >= 11 is 0. The van der Waals surface area contributed by atoms with Crippen LogP contribution in [0.25, 0.3) is 0 Å². The van der Waals surface area contributed by atoms with Gasteiger partial charge in [0.05, 0.1) is 0 Å². The fraction of sp³-hybridized carbons (Fsp3) is 0.600. The van der Waals surface area contributed by atoms with Crippen molar-refractivity contribution in [2.45, 2.75) is 47.0 Å². The van der Waals surface area contributed by atoms with E-state index in [2.05, 4.69) is 0 Å². The Morgan fingerprint density at radius 1 is 0.941 bits per heavy atom. The van der Waals surface area contributed by atoms with Gasteiger partial charge in [0.15, 0.2) is 0 Å². The molecule has 0 radical (unpaired) electrons. The SMILES string of the molecule is CC.CC.COCCCCc1ccc(O)cc1. The Bertz CT molecular complexity index is 229. The van der Waals surface area contributed by atoms with Crippen LogP contribution < -0.4 is 0 Å². The lowest BCUT2D eigenvalue weighted by Crippen LogP contribution is -1.90. The lowest BCUT2D eigenvalue weighted by Gasteiger charge is -2.01. The molecule has 0 aliphatic rings. The van der Waals surface area contributed by atoms with Crippen molar-refractivity contribution in [1.29, 1.82) is 0 Å². The van der Waals surface area contributed by atoms with Crippen LogP contribution in [0.5, 0.6) is 5.75 Å². The summed E-state index contributed by atoms with van der Waals surface area (Å²) in [6.45, 7) is 8.83. The first-order valence-electron chi connectivity index (χ1n) is 6.60. The van der Waals surface area contributed by atoms with Gasteiger partial charge in [0.1, 0.15) is 5.75 Å². The third kappa shape index (κ3) is 11.2. The van der Waals surface area contributed by atoms with E-state index in [9.17, 15) is 0 Å². The molecule has 2 nitrogen and oxygen atoms in total. The van der Waals surface area contributed by atoms with Crippen molar-refractivity contribution in [2.24, 2.45) is 0 Å². The maximum Gasteiger partial charge on any atom is 0.115 e. The van der Waals surface area contributed by atoms with Crippen LogP contribution in [0.3, 0.4) is 0 Å². The van der Waals surface area contributed by atoms with E-state index in [-0.39, 0.29) is 0 Å². The average molecular weight is 240 g/mol.